The number of aryl methyl sites for hydroxylation is 3. The highest BCUT2D eigenvalue weighted by Crippen LogP contribution is 2.37. The Kier molecular flexibility index (Phi) is 8.38. The van der Waals surface area contributed by atoms with Gasteiger partial charge in [-0.3, -0.25) is 4.57 Å². The first-order valence-corrected chi connectivity index (χ1v) is 17.1. The minimum absolute atomic E-state index is 0.440. The lowest BCUT2D eigenvalue weighted by molar-refractivity contribution is 0.481. The lowest BCUT2D eigenvalue weighted by Crippen LogP contribution is -2.02. The van der Waals surface area contributed by atoms with E-state index in [1.54, 1.807) is 0 Å². The van der Waals surface area contributed by atoms with Crippen molar-refractivity contribution < 1.29 is 4.74 Å². The molecule has 3 aromatic heterocycles. The van der Waals surface area contributed by atoms with Gasteiger partial charge in [-0.15, -0.1) is 0 Å². The van der Waals surface area contributed by atoms with Crippen LogP contribution in [-0.4, -0.2) is 19.3 Å². The van der Waals surface area contributed by atoms with E-state index in [2.05, 4.69) is 149 Å². The summed E-state index contributed by atoms with van der Waals surface area (Å²) in [5, 5.41) is 7.44. The third kappa shape index (κ3) is 6.01. The van der Waals surface area contributed by atoms with Crippen LogP contribution in [0.25, 0.3) is 44.4 Å². The van der Waals surface area contributed by atoms with Crippen LogP contribution in [0.1, 0.15) is 68.1 Å². The number of pyridine rings is 1. The fourth-order valence-electron chi connectivity index (χ4n) is 6.81. The first-order chi connectivity index (χ1) is 23.2. The monoisotopic (exact) mass is 632 g/mol. The van der Waals surface area contributed by atoms with Crippen molar-refractivity contribution in [1.82, 2.24) is 19.3 Å². The van der Waals surface area contributed by atoms with Gasteiger partial charge >= 0.3 is 0 Å². The molecule has 0 fully saturated rings. The molecule has 0 saturated heterocycles. The minimum atomic E-state index is 0.440. The van der Waals surface area contributed by atoms with Gasteiger partial charge in [-0.05, 0) is 116 Å². The molecule has 0 atom stereocenters. The van der Waals surface area contributed by atoms with Crippen molar-refractivity contribution in [3.8, 4) is 34.1 Å². The molecule has 0 spiro atoms. The van der Waals surface area contributed by atoms with E-state index in [1.807, 2.05) is 12.3 Å². The van der Waals surface area contributed by atoms with Gasteiger partial charge in [-0.2, -0.15) is 5.10 Å². The number of nitrogens with zero attached hydrogens (tertiary/aromatic N) is 4. The summed E-state index contributed by atoms with van der Waals surface area (Å²) in [6, 6.07) is 34.5. The smallest absolute Gasteiger partial charge is 0.137 e. The summed E-state index contributed by atoms with van der Waals surface area (Å²) < 4.78 is 11.1. The Hall–Kier alpha value is -5.16. The second-order valence-electron chi connectivity index (χ2n) is 13.8. The number of rotatable bonds is 9. The van der Waals surface area contributed by atoms with E-state index in [-0.39, 0.29) is 0 Å². The molecule has 0 aliphatic heterocycles. The summed E-state index contributed by atoms with van der Waals surface area (Å²) in [6.07, 6.45) is 3.96. The molecule has 7 rings (SSSR count). The Balaban J connectivity index is 1.34. The minimum Gasteiger partial charge on any atom is -0.457 e. The van der Waals surface area contributed by atoms with Crippen LogP contribution in [0, 0.1) is 26.7 Å². The van der Waals surface area contributed by atoms with Gasteiger partial charge in [-0.25, -0.2) is 9.67 Å². The van der Waals surface area contributed by atoms with Crippen LogP contribution < -0.4 is 4.74 Å². The predicted molar refractivity (Wildman–Crippen MR) is 199 cm³/mol. The number of benzene rings is 4. The van der Waals surface area contributed by atoms with Crippen molar-refractivity contribution in [2.24, 2.45) is 5.92 Å². The molecular weight excluding hydrogens is 589 g/mol. The SMILES string of the molecule is Cc1ccnc(-n2c3ccc(C(C)C)cc3c3ccc(Oc4cc(CCC(C)C)cc(-n5nc(C)c(-c6ccccc6)c5C)c4)cc32)c1. The number of aromatic nitrogens is 4. The number of hydrogen-bond donors (Lipinski definition) is 0. The zero-order valence-electron chi connectivity index (χ0n) is 29.1. The molecule has 5 nitrogen and oxygen atoms in total. The van der Waals surface area contributed by atoms with Gasteiger partial charge in [0.05, 0.1) is 22.4 Å². The summed E-state index contributed by atoms with van der Waals surface area (Å²) in [5.74, 6) is 3.54. The Labute approximate surface area is 283 Å². The van der Waals surface area contributed by atoms with Gasteiger partial charge in [0.1, 0.15) is 17.3 Å². The normalized spacial score (nSPS) is 11.8. The second-order valence-corrected chi connectivity index (χ2v) is 13.8. The molecule has 0 bridgehead atoms. The molecule has 0 saturated carbocycles. The Morgan fingerprint density at radius 3 is 2.29 bits per heavy atom. The molecule has 242 valence electrons. The van der Waals surface area contributed by atoms with Crippen LogP contribution in [-0.2, 0) is 6.42 Å². The fourth-order valence-corrected chi connectivity index (χ4v) is 6.81. The molecule has 0 N–H and O–H groups in total. The molecule has 0 aliphatic rings. The van der Waals surface area contributed by atoms with Gasteiger partial charge in [0.2, 0.25) is 0 Å². The van der Waals surface area contributed by atoms with E-state index in [0.29, 0.717) is 11.8 Å². The topological polar surface area (TPSA) is 44.9 Å². The highest BCUT2D eigenvalue weighted by atomic mass is 16.5. The maximum absolute atomic E-state index is 6.76. The largest absolute Gasteiger partial charge is 0.457 e. The Morgan fingerprint density at radius 2 is 1.54 bits per heavy atom. The highest BCUT2D eigenvalue weighted by molar-refractivity contribution is 6.09. The first kappa shape index (κ1) is 31.4. The van der Waals surface area contributed by atoms with E-state index in [0.717, 1.165) is 58.3 Å². The van der Waals surface area contributed by atoms with Crippen LogP contribution in [0.2, 0.25) is 0 Å². The first-order valence-electron chi connectivity index (χ1n) is 17.1. The average molecular weight is 633 g/mol. The van der Waals surface area contributed by atoms with E-state index < -0.39 is 0 Å². The predicted octanol–water partition coefficient (Wildman–Crippen LogP) is 11.5. The van der Waals surface area contributed by atoms with E-state index >= 15 is 0 Å². The maximum atomic E-state index is 6.76. The van der Waals surface area contributed by atoms with Crippen molar-refractivity contribution in [2.75, 3.05) is 0 Å². The van der Waals surface area contributed by atoms with Gasteiger partial charge in [0.25, 0.3) is 0 Å². The van der Waals surface area contributed by atoms with Crippen molar-refractivity contribution in [3.63, 3.8) is 0 Å². The summed E-state index contributed by atoms with van der Waals surface area (Å²) in [4.78, 5) is 4.80. The standard InChI is InChI=1S/C43H44N4O/c1-27(2)13-14-32-22-35(47-31(7)43(30(6)45-47)33-11-9-8-10-12-33)25-37(23-32)48-36-16-17-38-39-24-34(28(3)4)15-18-40(39)46(41(38)26-36)42-21-29(5)19-20-44-42/h8-12,15-28H,13-14H2,1-7H3. The molecular formula is C43H44N4O. The molecule has 4 aromatic carbocycles. The van der Waals surface area contributed by atoms with Crippen LogP contribution in [0.15, 0.2) is 103 Å². The summed E-state index contributed by atoms with van der Waals surface area (Å²) in [7, 11) is 0. The second kappa shape index (κ2) is 12.8. The zero-order valence-corrected chi connectivity index (χ0v) is 29.1. The van der Waals surface area contributed by atoms with Crippen molar-refractivity contribution in [1.29, 1.82) is 0 Å². The lowest BCUT2D eigenvalue weighted by atomic mass is 10.0. The number of hydrogen-bond acceptors (Lipinski definition) is 3. The van der Waals surface area contributed by atoms with Crippen LogP contribution in [0.5, 0.6) is 11.5 Å². The molecule has 7 aromatic rings. The van der Waals surface area contributed by atoms with Crippen LogP contribution >= 0.6 is 0 Å². The lowest BCUT2D eigenvalue weighted by Gasteiger charge is -2.14. The van der Waals surface area contributed by atoms with Gasteiger partial charge in [-0.1, -0.05) is 64.1 Å². The third-order valence-electron chi connectivity index (χ3n) is 9.35. The molecule has 5 heteroatoms. The third-order valence-corrected chi connectivity index (χ3v) is 9.35. The Bertz CT molecular complexity index is 2250. The zero-order chi connectivity index (χ0) is 33.5. The summed E-state index contributed by atoms with van der Waals surface area (Å²) >= 11 is 0. The molecule has 48 heavy (non-hydrogen) atoms. The van der Waals surface area contributed by atoms with Crippen molar-refractivity contribution in [3.05, 3.63) is 131 Å². The quantitative estimate of drug-likeness (QED) is 0.159. The maximum Gasteiger partial charge on any atom is 0.137 e. The Morgan fingerprint density at radius 1 is 0.729 bits per heavy atom. The fraction of sp³-hybridized carbons (Fsp3) is 0.256. The summed E-state index contributed by atoms with van der Waals surface area (Å²) in [6.45, 7) is 15.4. The van der Waals surface area contributed by atoms with Gasteiger partial charge in [0.15, 0.2) is 0 Å². The molecule has 0 radical (unpaired) electrons. The molecule has 3 heterocycles. The highest BCUT2D eigenvalue weighted by Gasteiger charge is 2.18. The van der Waals surface area contributed by atoms with Gasteiger partial charge < -0.3 is 4.74 Å². The average Bonchev–Trinajstić information content (AvgIpc) is 3.56. The van der Waals surface area contributed by atoms with E-state index in [4.69, 9.17) is 14.8 Å². The molecule has 0 amide bonds. The number of fused-ring (bicyclic) bond motifs is 3. The van der Waals surface area contributed by atoms with E-state index in [1.165, 1.54) is 38.6 Å². The van der Waals surface area contributed by atoms with E-state index in [9.17, 15) is 0 Å². The molecule has 0 unspecified atom stereocenters. The van der Waals surface area contributed by atoms with Crippen molar-refractivity contribution in [2.45, 2.75) is 67.2 Å². The molecule has 0 aliphatic carbocycles. The van der Waals surface area contributed by atoms with Crippen LogP contribution in [0.3, 0.4) is 0 Å². The van der Waals surface area contributed by atoms with Crippen LogP contribution in [0.4, 0.5) is 0 Å². The van der Waals surface area contributed by atoms with Crippen molar-refractivity contribution >= 4 is 21.8 Å². The number of ether oxygens (including phenoxy) is 1. The van der Waals surface area contributed by atoms with Gasteiger partial charge in [0, 0.05) is 40.4 Å². The summed E-state index contributed by atoms with van der Waals surface area (Å²) in [5.41, 5.74) is 11.4.